The summed E-state index contributed by atoms with van der Waals surface area (Å²) in [4.78, 5) is 0. The van der Waals surface area contributed by atoms with Crippen LogP contribution >= 0.6 is 7.60 Å². The van der Waals surface area contributed by atoms with Gasteiger partial charge in [0.25, 0.3) is 0 Å². The molecule has 0 spiro atoms. The minimum Gasteiger partial charge on any atom is -0.304 e. The first-order valence-electron chi connectivity index (χ1n) is 5.59. The summed E-state index contributed by atoms with van der Waals surface area (Å²) in [6.45, 7) is 12.4. The summed E-state index contributed by atoms with van der Waals surface area (Å²) >= 11 is 0. The van der Waals surface area contributed by atoms with Crippen LogP contribution in [-0.2, 0) is 13.6 Å². The van der Waals surface area contributed by atoms with Crippen LogP contribution in [0.15, 0.2) is 0 Å². The minimum absolute atomic E-state index is 0.306. The summed E-state index contributed by atoms with van der Waals surface area (Å²) in [7, 11) is -5.86. The summed E-state index contributed by atoms with van der Waals surface area (Å²) in [5.41, 5.74) is -1.48. The van der Waals surface area contributed by atoms with Gasteiger partial charge >= 0.3 is 7.60 Å². The van der Waals surface area contributed by atoms with Crippen LogP contribution in [0.4, 0.5) is 4.39 Å². The average Bonchev–Trinajstić information content (AvgIpc) is 1.97. The molecule has 0 heterocycles. The molecule has 0 saturated heterocycles. The van der Waals surface area contributed by atoms with Crippen molar-refractivity contribution in [3.05, 3.63) is 0 Å². The van der Waals surface area contributed by atoms with Gasteiger partial charge in [-0.1, -0.05) is 19.6 Å². The van der Waals surface area contributed by atoms with E-state index in [1.54, 1.807) is 27.7 Å². The van der Waals surface area contributed by atoms with Gasteiger partial charge in [-0.3, -0.25) is 4.57 Å². The van der Waals surface area contributed by atoms with Gasteiger partial charge in [0.05, 0.1) is 12.2 Å². The summed E-state index contributed by atoms with van der Waals surface area (Å²) in [6, 6.07) is 0. The van der Waals surface area contributed by atoms with Crippen LogP contribution in [0.1, 0.15) is 27.7 Å². The van der Waals surface area contributed by atoms with Crippen molar-refractivity contribution in [3.8, 4) is 0 Å². The second-order valence-electron chi connectivity index (χ2n) is 5.55. The first kappa shape index (κ1) is 16.3. The van der Waals surface area contributed by atoms with Crippen molar-refractivity contribution in [3.63, 3.8) is 0 Å². The summed E-state index contributed by atoms with van der Waals surface area (Å²) < 4.78 is 37.1. The second kappa shape index (κ2) is 5.76. The molecule has 1 unspecified atom stereocenters. The molecule has 0 aliphatic heterocycles. The van der Waals surface area contributed by atoms with Gasteiger partial charge in [-0.25, -0.2) is 4.39 Å². The summed E-state index contributed by atoms with van der Waals surface area (Å²) in [6.07, 6.45) is -0.613. The molecule has 0 radical (unpaired) electrons. The largest absolute Gasteiger partial charge is 0.361 e. The molecule has 0 aliphatic carbocycles. The molecule has 16 heavy (non-hydrogen) atoms. The lowest BCUT2D eigenvalue weighted by molar-refractivity contribution is 0.131. The van der Waals surface area contributed by atoms with E-state index in [0.29, 0.717) is 0 Å². The average molecular weight is 270 g/mol. The zero-order valence-electron chi connectivity index (χ0n) is 11.3. The Bertz CT molecular complexity index is 249. The summed E-state index contributed by atoms with van der Waals surface area (Å²) in [5.74, 6) is 0. The smallest absolute Gasteiger partial charge is 0.304 e. The quantitative estimate of drug-likeness (QED) is 0.536. The van der Waals surface area contributed by atoms with E-state index in [4.69, 9.17) is 9.05 Å². The Morgan fingerprint density at radius 3 is 1.50 bits per heavy atom. The Morgan fingerprint density at radius 2 is 1.31 bits per heavy atom. The molecule has 0 N–H and O–H groups in total. The highest BCUT2D eigenvalue weighted by molar-refractivity contribution is 7.57. The topological polar surface area (TPSA) is 35.5 Å². The molecular weight excluding hydrogens is 246 g/mol. The summed E-state index contributed by atoms with van der Waals surface area (Å²) in [5, 5.41) is 0. The third kappa shape index (κ3) is 5.08. The first-order valence-corrected chi connectivity index (χ1v) is 10.8. The fourth-order valence-electron chi connectivity index (χ4n) is 1.19. The molecule has 0 aromatic heterocycles. The zero-order valence-corrected chi connectivity index (χ0v) is 13.2. The van der Waals surface area contributed by atoms with Crippen molar-refractivity contribution >= 4 is 15.7 Å². The van der Waals surface area contributed by atoms with E-state index in [2.05, 4.69) is 0 Å². The number of hydrogen-bond donors (Lipinski definition) is 0. The molecule has 0 fully saturated rings. The fourth-order valence-corrected chi connectivity index (χ4v) is 6.79. The highest BCUT2D eigenvalue weighted by Gasteiger charge is 2.46. The highest BCUT2D eigenvalue weighted by Crippen LogP contribution is 2.58. The number of hydrogen-bond acceptors (Lipinski definition) is 3. The van der Waals surface area contributed by atoms with E-state index in [9.17, 15) is 8.96 Å². The predicted octanol–water partition coefficient (Wildman–Crippen LogP) is 4.20. The van der Waals surface area contributed by atoms with E-state index in [0.717, 1.165) is 0 Å². The molecule has 0 aromatic carbocycles. The van der Waals surface area contributed by atoms with Gasteiger partial charge in [0.2, 0.25) is 0 Å². The van der Waals surface area contributed by atoms with Gasteiger partial charge in [-0.2, -0.15) is 0 Å². The van der Waals surface area contributed by atoms with Gasteiger partial charge in [-0.05, 0) is 27.7 Å². The lowest BCUT2D eigenvalue weighted by Gasteiger charge is -2.31. The molecule has 0 saturated carbocycles. The van der Waals surface area contributed by atoms with Crippen molar-refractivity contribution in [2.75, 3.05) is 0 Å². The normalized spacial score (nSPS) is 15.9. The van der Waals surface area contributed by atoms with E-state index >= 15 is 0 Å². The van der Waals surface area contributed by atoms with Crippen LogP contribution < -0.4 is 0 Å². The Hall–Kier alpha value is 0.297. The van der Waals surface area contributed by atoms with E-state index in [1.165, 1.54) is 0 Å². The molecule has 6 heteroatoms. The molecule has 0 aliphatic rings. The molecule has 98 valence electrons. The van der Waals surface area contributed by atoms with Gasteiger partial charge in [0.15, 0.2) is 5.54 Å². The number of alkyl halides is 1. The lowest BCUT2D eigenvalue weighted by atomic mass is 10.5. The van der Waals surface area contributed by atoms with Crippen molar-refractivity contribution in [1.82, 2.24) is 0 Å². The fraction of sp³-hybridized carbons (Fsp3) is 1.00. The Labute approximate surface area is 99.3 Å². The maximum absolute atomic E-state index is 14.2. The number of halogens is 1. The lowest BCUT2D eigenvalue weighted by Crippen LogP contribution is -2.36. The Kier molecular flexibility index (Phi) is 5.87. The van der Waals surface area contributed by atoms with Crippen LogP contribution in [0.3, 0.4) is 0 Å². The van der Waals surface area contributed by atoms with E-state index in [-0.39, 0.29) is 12.2 Å². The molecule has 0 rings (SSSR count). The van der Waals surface area contributed by atoms with Crippen molar-refractivity contribution in [2.45, 2.75) is 65.1 Å². The zero-order chi connectivity index (χ0) is 13.1. The third-order valence-electron chi connectivity index (χ3n) is 1.71. The number of rotatable bonds is 6. The minimum atomic E-state index is -3.65. The van der Waals surface area contributed by atoms with Crippen LogP contribution in [0, 0.1) is 0 Å². The second-order valence-corrected chi connectivity index (χ2v) is 13.2. The van der Waals surface area contributed by atoms with Crippen LogP contribution in [0.5, 0.6) is 0 Å². The Morgan fingerprint density at radius 1 is 1.00 bits per heavy atom. The first-order chi connectivity index (χ1) is 6.99. The predicted molar refractivity (Wildman–Crippen MR) is 68.3 cm³/mol. The van der Waals surface area contributed by atoms with Crippen molar-refractivity contribution < 1.29 is 18.0 Å². The molecule has 0 amide bonds. The molecule has 1 atom stereocenters. The van der Waals surface area contributed by atoms with Crippen molar-refractivity contribution in [1.29, 1.82) is 0 Å². The van der Waals surface area contributed by atoms with Crippen LogP contribution in [-0.4, -0.2) is 25.8 Å². The third-order valence-corrected chi connectivity index (χ3v) is 8.40. The van der Waals surface area contributed by atoms with Gasteiger partial charge in [0.1, 0.15) is 8.07 Å². The van der Waals surface area contributed by atoms with Crippen LogP contribution in [0.2, 0.25) is 19.6 Å². The van der Waals surface area contributed by atoms with Gasteiger partial charge in [0, 0.05) is 0 Å². The SMILES string of the molecule is CC(C)OP(=O)(OC(C)C)C(F)[Si](C)(C)C. The molecular formula is C10H24FO3PSi. The maximum atomic E-state index is 14.2. The van der Waals surface area contributed by atoms with E-state index in [1.807, 2.05) is 19.6 Å². The maximum Gasteiger partial charge on any atom is 0.361 e. The monoisotopic (exact) mass is 270 g/mol. The van der Waals surface area contributed by atoms with Gasteiger partial charge < -0.3 is 9.05 Å². The molecule has 0 bridgehead atoms. The standard InChI is InChI=1S/C10H24FO3PSi/c1-8(2)13-15(12,14-9(3)4)10(11)16(5,6)7/h8-10H,1-7H3. The molecule has 0 aromatic rings. The highest BCUT2D eigenvalue weighted by atomic mass is 31.2. The van der Waals surface area contributed by atoms with Crippen LogP contribution in [0.25, 0.3) is 0 Å². The van der Waals surface area contributed by atoms with Gasteiger partial charge in [-0.15, -0.1) is 0 Å². The van der Waals surface area contributed by atoms with E-state index < -0.39 is 21.2 Å². The molecule has 3 nitrogen and oxygen atoms in total. The van der Waals surface area contributed by atoms with Crippen molar-refractivity contribution in [2.24, 2.45) is 0 Å². The Balaban J connectivity index is 5.00.